The Balaban J connectivity index is 2.33. The van der Waals surface area contributed by atoms with Gasteiger partial charge in [-0.2, -0.15) is 0 Å². The topological polar surface area (TPSA) is 64.6 Å². The van der Waals surface area contributed by atoms with Crippen LogP contribution in [0.15, 0.2) is 24.3 Å². The molecular weight excluding hydrogens is 258 g/mol. The number of benzene rings is 1. The Bertz CT molecular complexity index is 440. The minimum Gasteiger partial charge on any atom is -0.497 e. The molecule has 0 aliphatic heterocycles. The van der Waals surface area contributed by atoms with Crippen molar-refractivity contribution in [3.8, 4) is 5.75 Å². The van der Waals surface area contributed by atoms with Gasteiger partial charge in [0.2, 0.25) is 0 Å². The Kier molecular flexibility index (Phi) is 6.56. The Hall–Kier alpha value is -2.04. The van der Waals surface area contributed by atoms with Crippen molar-refractivity contribution in [1.82, 2.24) is 5.32 Å². The van der Waals surface area contributed by atoms with Crippen LogP contribution in [0.5, 0.6) is 5.75 Å². The van der Waals surface area contributed by atoms with E-state index in [4.69, 9.17) is 9.47 Å². The second-order valence-corrected chi connectivity index (χ2v) is 4.81. The highest BCUT2D eigenvalue weighted by Crippen LogP contribution is 2.10. The number of rotatable bonds is 7. The highest BCUT2D eigenvalue weighted by molar-refractivity contribution is 5.95. The molecule has 0 fully saturated rings. The molecule has 1 aromatic carbocycles. The zero-order valence-corrected chi connectivity index (χ0v) is 12.1. The van der Waals surface area contributed by atoms with Crippen molar-refractivity contribution in [3.05, 3.63) is 29.8 Å². The van der Waals surface area contributed by atoms with Crippen LogP contribution in [0.4, 0.5) is 0 Å². The number of esters is 1. The molecule has 1 amide bonds. The summed E-state index contributed by atoms with van der Waals surface area (Å²) in [7, 11) is 1.56. The fraction of sp³-hybridized carbons (Fsp3) is 0.467. The molecule has 0 aliphatic rings. The third-order valence-electron chi connectivity index (χ3n) is 2.70. The first kappa shape index (κ1) is 16.0. The fourth-order valence-corrected chi connectivity index (χ4v) is 1.46. The van der Waals surface area contributed by atoms with Crippen molar-refractivity contribution in [2.24, 2.45) is 5.92 Å². The van der Waals surface area contributed by atoms with Gasteiger partial charge in [-0.3, -0.25) is 9.59 Å². The smallest absolute Gasteiger partial charge is 0.325 e. The van der Waals surface area contributed by atoms with Crippen molar-refractivity contribution >= 4 is 11.9 Å². The van der Waals surface area contributed by atoms with E-state index in [1.807, 2.05) is 0 Å². The van der Waals surface area contributed by atoms with Crippen LogP contribution in [0.1, 0.15) is 30.6 Å². The predicted molar refractivity (Wildman–Crippen MR) is 75.7 cm³/mol. The number of carbonyl (C=O) groups is 2. The minimum atomic E-state index is -0.424. The molecule has 1 aromatic rings. The van der Waals surface area contributed by atoms with Crippen molar-refractivity contribution in [2.45, 2.75) is 20.3 Å². The van der Waals surface area contributed by atoms with E-state index in [0.717, 1.165) is 6.42 Å². The van der Waals surface area contributed by atoms with Gasteiger partial charge in [-0.1, -0.05) is 13.8 Å². The zero-order valence-electron chi connectivity index (χ0n) is 12.1. The van der Waals surface area contributed by atoms with Crippen molar-refractivity contribution in [2.75, 3.05) is 20.3 Å². The quantitative estimate of drug-likeness (QED) is 0.775. The maximum absolute atomic E-state index is 11.8. The molecule has 0 radical (unpaired) electrons. The molecule has 0 saturated carbocycles. The van der Waals surface area contributed by atoms with E-state index in [0.29, 0.717) is 23.8 Å². The number of methoxy groups -OCH3 is 1. The predicted octanol–water partition coefficient (Wildman–Crippen LogP) is 2.01. The summed E-state index contributed by atoms with van der Waals surface area (Å²) in [6, 6.07) is 6.66. The first-order valence-electron chi connectivity index (χ1n) is 6.60. The van der Waals surface area contributed by atoms with Gasteiger partial charge in [0.15, 0.2) is 0 Å². The lowest BCUT2D eigenvalue weighted by atomic mass is 10.1. The Morgan fingerprint density at radius 1 is 1.20 bits per heavy atom. The molecule has 5 nitrogen and oxygen atoms in total. The van der Waals surface area contributed by atoms with E-state index < -0.39 is 5.97 Å². The summed E-state index contributed by atoms with van der Waals surface area (Å²) in [5.74, 6) is 0.423. The van der Waals surface area contributed by atoms with Crippen molar-refractivity contribution in [3.63, 3.8) is 0 Å². The summed E-state index contributed by atoms with van der Waals surface area (Å²) < 4.78 is 10.0. The van der Waals surface area contributed by atoms with E-state index >= 15 is 0 Å². The lowest BCUT2D eigenvalue weighted by Gasteiger charge is -2.08. The van der Waals surface area contributed by atoms with E-state index in [-0.39, 0.29) is 12.5 Å². The summed E-state index contributed by atoms with van der Waals surface area (Å²) in [4.78, 5) is 23.2. The third kappa shape index (κ3) is 5.73. The lowest BCUT2D eigenvalue weighted by molar-refractivity contribution is -0.142. The summed E-state index contributed by atoms with van der Waals surface area (Å²) >= 11 is 0. The van der Waals surface area contributed by atoms with E-state index in [1.165, 1.54) is 0 Å². The van der Waals surface area contributed by atoms with Gasteiger partial charge in [0.1, 0.15) is 12.3 Å². The van der Waals surface area contributed by atoms with E-state index in [9.17, 15) is 9.59 Å². The number of carbonyl (C=O) groups excluding carboxylic acids is 2. The summed E-state index contributed by atoms with van der Waals surface area (Å²) in [6.07, 6.45) is 0.818. The monoisotopic (exact) mass is 279 g/mol. The largest absolute Gasteiger partial charge is 0.497 e. The molecule has 0 aliphatic carbocycles. The van der Waals surface area contributed by atoms with Crippen molar-refractivity contribution < 1.29 is 19.1 Å². The molecule has 0 unspecified atom stereocenters. The maximum Gasteiger partial charge on any atom is 0.325 e. The van der Waals surface area contributed by atoms with Gasteiger partial charge in [0, 0.05) is 5.56 Å². The van der Waals surface area contributed by atoms with Crippen LogP contribution in [-0.2, 0) is 9.53 Å². The molecule has 5 heteroatoms. The second kappa shape index (κ2) is 8.19. The molecule has 0 aromatic heterocycles. The van der Waals surface area contributed by atoms with Gasteiger partial charge in [0.25, 0.3) is 5.91 Å². The highest BCUT2D eigenvalue weighted by atomic mass is 16.5. The van der Waals surface area contributed by atoms with Gasteiger partial charge >= 0.3 is 5.97 Å². The minimum absolute atomic E-state index is 0.122. The lowest BCUT2D eigenvalue weighted by Crippen LogP contribution is -2.30. The normalized spacial score (nSPS) is 10.2. The van der Waals surface area contributed by atoms with Crippen LogP contribution in [0.25, 0.3) is 0 Å². The fourth-order valence-electron chi connectivity index (χ4n) is 1.46. The Morgan fingerprint density at radius 3 is 2.40 bits per heavy atom. The molecular formula is C15H21NO4. The summed E-state index contributed by atoms with van der Waals surface area (Å²) in [5, 5.41) is 2.52. The van der Waals surface area contributed by atoms with Crippen LogP contribution < -0.4 is 10.1 Å². The molecule has 0 atom stereocenters. The molecule has 110 valence electrons. The van der Waals surface area contributed by atoms with Crippen LogP contribution >= 0.6 is 0 Å². The molecule has 0 saturated heterocycles. The molecule has 1 N–H and O–H groups in total. The molecule has 1 rings (SSSR count). The van der Waals surface area contributed by atoms with Gasteiger partial charge in [-0.15, -0.1) is 0 Å². The van der Waals surface area contributed by atoms with E-state index in [1.54, 1.807) is 31.4 Å². The van der Waals surface area contributed by atoms with Crippen LogP contribution in [0.2, 0.25) is 0 Å². The number of amides is 1. The SMILES string of the molecule is COc1ccc(C(=O)NCC(=O)OCCC(C)C)cc1. The first-order valence-corrected chi connectivity index (χ1v) is 6.60. The highest BCUT2D eigenvalue weighted by Gasteiger charge is 2.09. The average Bonchev–Trinajstić information content (AvgIpc) is 2.44. The molecule has 20 heavy (non-hydrogen) atoms. The second-order valence-electron chi connectivity index (χ2n) is 4.81. The maximum atomic E-state index is 11.8. The van der Waals surface area contributed by atoms with Crippen LogP contribution in [-0.4, -0.2) is 32.1 Å². The molecule has 0 spiro atoms. The van der Waals surface area contributed by atoms with Gasteiger partial charge in [0.05, 0.1) is 13.7 Å². The van der Waals surface area contributed by atoms with Gasteiger partial charge < -0.3 is 14.8 Å². The standard InChI is InChI=1S/C15H21NO4/c1-11(2)8-9-20-14(17)10-16-15(18)12-4-6-13(19-3)7-5-12/h4-7,11H,8-10H2,1-3H3,(H,16,18). The van der Waals surface area contributed by atoms with Gasteiger partial charge in [-0.25, -0.2) is 0 Å². The summed E-state index contributed by atoms with van der Waals surface area (Å²) in [5.41, 5.74) is 0.473. The van der Waals surface area contributed by atoms with Gasteiger partial charge in [-0.05, 0) is 36.6 Å². The zero-order chi connectivity index (χ0) is 15.0. The number of hydrogen-bond donors (Lipinski definition) is 1. The van der Waals surface area contributed by atoms with Crippen molar-refractivity contribution in [1.29, 1.82) is 0 Å². The Labute approximate surface area is 119 Å². The number of hydrogen-bond acceptors (Lipinski definition) is 4. The summed E-state index contributed by atoms with van der Waals surface area (Å²) in [6.45, 7) is 4.37. The number of nitrogens with one attached hydrogen (secondary N) is 1. The molecule has 0 heterocycles. The van der Waals surface area contributed by atoms with Crippen LogP contribution in [0, 0.1) is 5.92 Å². The third-order valence-corrected chi connectivity index (χ3v) is 2.70. The Morgan fingerprint density at radius 2 is 1.85 bits per heavy atom. The molecule has 0 bridgehead atoms. The van der Waals surface area contributed by atoms with E-state index in [2.05, 4.69) is 19.2 Å². The first-order chi connectivity index (χ1) is 9.52. The average molecular weight is 279 g/mol. The number of ether oxygens (including phenoxy) is 2. The van der Waals surface area contributed by atoms with Crippen LogP contribution in [0.3, 0.4) is 0 Å².